The van der Waals surface area contributed by atoms with Gasteiger partial charge in [-0.05, 0) is 12.0 Å². The first-order valence-electron chi connectivity index (χ1n) is 7.25. The number of carbonyl (C=O) groups is 1. The van der Waals surface area contributed by atoms with Crippen LogP contribution < -0.4 is 5.73 Å². The van der Waals surface area contributed by atoms with E-state index < -0.39 is 6.04 Å². The minimum absolute atomic E-state index is 0.0169. The summed E-state index contributed by atoms with van der Waals surface area (Å²) in [6.45, 7) is 6.50. The van der Waals surface area contributed by atoms with E-state index in [1.807, 2.05) is 28.8 Å². The molecule has 1 saturated heterocycles. The van der Waals surface area contributed by atoms with Gasteiger partial charge in [0.05, 0.1) is 25.3 Å². The van der Waals surface area contributed by atoms with E-state index in [0.717, 1.165) is 6.42 Å². The number of ether oxygens (including phenoxy) is 1. The maximum atomic E-state index is 12.4. The fourth-order valence-electron chi connectivity index (χ4n) is 2.36. The normalized spacial score (nSPS) is 22.6. The number of nitrogens with zero attached hydrogens (tertiary/aromatic N) is 3. The molecule has 1 amide bonds. The Labute approximate surface area is 119 Å². The highest BCUT2D eigenvalue weighted by atomic mass is 16.5. The molecule has 1 aromatic heterocycles. The van der Waals surface area contributed by atoms with Gasteiger partial charge < -0.3 is 15.4 Å². The van der Waals surface area contributed by atoms with Crippen LogP contribution in [-0.4, -0.2) is 52.4 Å². The van der Waals surface area contributed by atoms with Crippen LogP contribution in [0.3, 0.4) is 0 Å². The maximum Gasteiger partial charge on any atom is 0.239 e. The first kappa shape index (κ1) is 15.0. The highest BCUT2D eigenvalue weighted by Crippen LogP contribution is 2.13. The summed E-state index contributed by atoms with van der Waals surface area (Å²) in [6.07, 6.45) is 4.53. The van der Waals surface area contributed by atoms with Crippen LogP contribution in [0.5, 0.6) is 0 Å². The summed E-state index contributed by atoms with van der Waals surface area (Å²) in [5.41, 5.74) is 6.03. The Balaban J connectivity index is 1.91. The lowest BCUT2D eigenvalue weighted by atomic mass is 9.98. The van der Waals surface area contributed by atoms with Crippen LogP contribution in [0.4, 0.5) is 0 Å². The van der Waals surface area contributed by atoms with E-state index in [9.17, 15) is 4.79 Å². The van der Waals surface area contributed by atoms with Gasteiger partial charge in [-0.1, -0.05) is 20.3 Å². The average molecular weight is 280 g/mol. The number of amides is 1. The molecule has 3 atom stereocenters. The second-order valence-electron chi connectivity index (χ2n) is 5.42. The number of hydrogen-bond donors (Lipinski definition) is 1. The fraction of sp³-hybridized carbons (Fsp3) is 0.714. The summed E-state index contributed by atoms with van der Waals surface area (Å²) < 4.78 is 7.53. The van der Waals surface area contributed by atoms with E-state index in [-0.39, 0.29) is 17.9 Å². The van der Waals surface area contributed by atoms with Gasteiger partial charge in [-0.2, -0.15) is 5.10 Å². The smallest absolute Gasteiger partial charge is 0.239 e. The lowest BCUT2D eigenvalue weighted by Gasteiger charge is -2.35. The van der Waals surface area contributed by atoms with E-state index in [2.05, 4.69) is 12.0 Å². The molecule has 1 aliphatic rings. The topological polar surface area (TPSA) is 73.4 Å². The molecule has 0 aliphatic carbocycles. The van der Waals surface area contributed by atoms with Crippen molar-refractivity contribution in [2.45, 2.75) is 39.0 Å². The van der Waals surface area contributed by atoms with Crippen LogP contribution >= 0.6 is 0 Å². The van der Waals surface area contributed by atoms with Gasteiger partial charge in [-0.25, -0.2) is 0 Å². The van der Waals surface area contributed by atoms with Gasteiger partial charge in [-0.3, -0.25) is 9.48 Å². The lowest BCUT2D eigenvalue weighted by Crippen LogP contribution is -2.53. The molecule has 6 heteroatoms. The quantitative estimate of drug-likeness (QED) is 0.851. The molecule has 2 rings (SSSR count). The minimum Gasteiger partial charge on any atom is -0.373 e. The van der Waals surface area contributed by atoms with Gasteiger partial charge in [0.2, 0.25) is 5.91 Å². The monoisotopic (exact) mass is 280 g/mol. The van der Waals surface area contributed by atoms with Crippen molar-refractivity contribution in [2.75, 3.05) is 19.7 Å². The SMILES string of the molecule is CCC(C)C(N)C(=O)N1CCOC(Cn2cccn2)C1. The number of rotatable bonds is 5. The molecule has 0 spiro atoms. The first-order valence-corrected chi connectivity index (χ1v) is 7.25. The van der Waals surface area contributed by atoms with Crippen molar-refractivity contribution >= 4 is 5.91 Å². The third-order valence-corrected chi connectivity index (χ3v) is 3.94. The number of aromatic nitrogens is 2. The Hall–Kier alpha value is -1.40. The molecule has 1 fully saturated rings. The van der Waals surface area contributed by atoms with Crippen molar-refractivity contribution in [3.05, 3.63) is 18.5 Å². The van der Waals surface area contributed by atoms with Gasteiger partial charge >= 0.3 is 0 Å². The Morgan fingerprint density at radius 2 is 2.40 bits per heavy atom. The number of carbonyl (C=O) groups excluding carboxylic acids is 1. The minimum atomic E-state index is -0.413. The average Bonchev–Trinajstić information content (AvgIpc) is 2.98. The van der Waals surface area contributed by atoms with Gasteiger partial charge in [0.1, 0.15) is 0 Å². The molecular weight excluding hydrogens is 256 g/mol. The lowest BCUT2D eigenvalue weighted by molar-refractivity contribution is -0.141. The Morgan fingerprint density at radius 3 is 3.05 bits per heavy atom. The van der Waals surface area contributed by atoms with Crippen molar-refractivity contribution in [1.29, 1.82) is 0 Å². The highest BCUT2D eigenvalue weighted by Gasteiger charge is 2.29. The summed E-state index contributed by atoms with van der Waals surface area (Å²) in [6, 6.07) is 1.47. The maximum absolute atomic E-state index is 12.4. The van der Waals surface area contributed by atoms with Crippen molar-refractivity contribution in [3.8, 4) is 0 Å². The van der Waals surface area contributed by atoms with E-state index in [1.165, 1.54) is 0 Å². The molecule has 1 aliphatic heterocycles. The zero-order chi connectivity index (χ0) is 14.5. The first-order chi connectivity index (χ1) is 9.61. The molecule has 20 heavy (non-hydrogen) atoms. The van der Waals surface area contributed by atoms with Crippen LogP contribution in [-0.2, 0) is 16.1 Å². The van der Waals surface area contributed by atoms with Crippen LogP contribution in [0, 0.1) is 5.92 Å². The van der Waals surface area contributed by atoms with Crippen molar-refractivity contribution in [1.82, 2.24) is 14.7 Å². The third kappa shape index (κ3) is 3.58. The summed E-state index contributed by atoms with van der Waals surface area (Å²) in [4.78, 5) is 14.2. The molecule has 112 valence electrons. The van der Waals surface area contributed by atoms with Crippen LogP contribution in [0.15, 0.2) is 18.5 Å². The van der Waals surface area contributed by atoms with E-state index in [4.69, 9.17) is 10.5 Å². The van der Waals surface area contributed by atoms with Gasteiger partial charge in [0.15, 0.2) is 0 Å². The number of nitrogens with two attached hydrogens (primary N) is 1. The molecule has 6 nitrogen and oxygen atoms in total. The van der Waals surface area contributed by atoms with Crippen molar-refractivity contribution in [3.63, 3.8) is 0 Å². The van der Waals surface area contributed by atoms with Crippen molar-refractivity contribution in [2.24, 2.45) is 11.7 Å². The van der Waals surface area contributed by atoms with Crippen LogP contribution in [0.25, 0.3) is 0 Å². The van der Waals surface area contributed by atoms with E-state index in [0.29, 0.717) is 26.2 Å². The third-order valence-electron chi connectivity index (χ3n) is 3.94. The molecule has 0 aromatic carbocycles. The predicted octanol–water partition coefficient (Wildman–Crippen LogP) is 0.484. The molecule has 0 saturated carbocycles. The second kappa shape index (κ2) is 6.85. The summed E-state index contributed by atoms with van der Waals surface area (Å²) >= 11 is 0. The zero-order valence-corrected chi connectivity index (χ0v) is 12.2. The zero-order valence-electron chi connectivity index (χ0n) is 12.2. The number of morpholine rings is 1. The molecule has 3 unspecified atom stereocenters. The number of hydrogen-bond acceptors (Lipinski definition) is 4. The standard InChI is InChI=1S/C14H24N4O2/c1-3-11(2)13(15)14(19)17-7-8-20-12(9-17)10-18-6-4-5-16-18/h4-6,11-13H,3,7-10,15H2,1-2H3. The van der Waals surface area contributed by atoms with Crippen LogP contribution in [0.1, 0.15) is 20.3 Å². The molecule has 0 bridgehead atoms. The summed E-state index contributed by atoms with van der Waals surface area (Å²) in [7, 11) is 0. The molecule has 1 aromatic rings. The molecule has 2 N–H and O–H groups in total. The molecular formula is C14H24N4O2. The van der Waals surface area contributed by atoms with E-state index >= 15 is 0 Å². The van der Waals surface area contributed by atoms with E-state index in [1.54, 1.807) is 6.20 Å². The Morgan fingerprint density at radius 1 is 1.60 bits per heavy atom. The van der Waals surface area contributed by atoms with Gasteiger partial charge in [0, 0.05) is 25.5 Å². The second-order valence-corrected chi connectivity index (χ2v) is 5.42. The summed E-state index contributed by atoms with van der Waals surface area (Å²) in [5.74, 6) is 0.239. The van der Waals surface area contributed by atoms with Crippen LogP contribution in [0.2, 0.25) is 0 Å². The van der Waals surface area contributed by atoms with Gasteiger partial charge in [-0.15, -0.1) is 0 Å². The largest absolute Gasteiger partial charge is 0.373 e. The molecule has 0 radical (unpaired) electrons. The predicted molar refractivity (Wildman–Crippen MR) is 76.0 cm³/mol. The van der Waals surface area contributed by atoms with Crippen molar-refractivity contribution < 1.29 is 9.53 Å². The Bertz CT molecular complexity index is 421. The highest BCUT2D eigenvalue weighted by molar-refractivity contribution is 5.82. The fourth-order valence-corrected chi connectivity index (χ4v) is 2.36. The summed E-state index contributed by atoms with van der Waals surface area (Å²) in [5, 5.41) is 4.17. The van der Waals surface area contributed by atoms with Gasteiger partial charge in [0.25, 0.3) is 0 Å². The molecule has 2 heterocycles. The Kier molecular flexibility index (Phi) is 5.14.